The third-order valence-electron chi connectivity index (χ3n) is 5.18. The van der Waals surface area contributed by atoms with Crippen molar-refractivity contribution in [3.63, 3.8) is 0 Å². The highest BCUT2D eigenvalue weighted by Gasteiger charge is 2.24. The van der Waals surface area contributed by atoms with E-state index in [9.17, 15) is 9.59 Å². The summed E-state index contributed by atoms with van der Waals surface area (Å²) in [5.41, 5.74) is 6.66. The fraction of sp³-hybridized carbons (Fsp3) is 0.217. The molecule has 0 unspecified atom stereocenters. The fourth-order valence-electron chi connectivity index (χ4n) is 3.62. The Morgan fingerprint density at radius 3 is 2.33 bits per heavy atom. The Kier molecular flexibility index (Phi) is 5.74. The molecule has 2 N–H and O–H groups in total. The van der Waals surface area contributed by atoms with Crippen LogP contribution in [0.1, 0.15) is 17.4 Å². The Labute approximate surface area is 189 Å². The van der Waals surface area contributed by atoms with Gasteiger partial charge in [0, 0.05) is 7.05 Å². The standard InChI is InChI=1S/C23H23N5O5/c1-5-33-14-8-6-13(7-9-14)28-22-19(27(2)23(28)30)18(20(24)29)25-21(26-22)16-12-15(31-3)10-11-17(16)32-4/h6-12H,5H2,1-4H3,(H2,24,29). The number of amides is 1. The molecule has 0 spiro atoms. The molecule has 10 heteroatoms. The number of methoxy groups -OCH3 is 2. The van der Waals surface area contributed by atoms with Gasteiger partial charge >= 0.3 is 5.69 Å². The minimum Gasteiger partial charge on any atom is -0.497 e. The highest BCUT2D eigenvalue weighted by molar-refractivity contribution is 6.02. The number of aryl methyl sites for hydroxylation is 1. The second-order valence-electron chi connectivity index (χ2n) is 7.10. The molecule has 1 amide bonds. The predicted octanol–water partition coefficient (Wildman–Crippen LogP) is 2.30. The third-order valence-corrected chi connectivity index (χ3v) is 5.18. The molecule has 0 aliphatic carbocycles. The van der Waals surface area contributed by atoms with E-state index in [0.29, 0.717) is 35.1 Å². The number of nitrogens with zero attached hydrogens (tertiary/aromatic N) is 4. The maximum Gasteiger partial charge on any atom is 0.334 e. The molecule has 0 atom stereocenters. The highest BCUT2D eigenvalue weighted by Crippen LogP contribution is 2.33. The van der Waals surface area contributed by atoms with Crippen molar-refractivity contribution < 1.29 is 19.0 Å². The lowest BCUT2D eigenvalue weighted by molar-refractivity contribution is 0.0997. The molecule has 4 aromatic rings. The number of ether oxygens (including phenoxy) is 3. The van der Waals surface area contributed by atoms with Crippen molar-refractivity contribution in [1.29, 1.82) is 0 Å². The minimum absolute atomic E-state index is 0.0795. The van der Waals surface area contributed by atoms with Crippen LogP contribution in [0.15, 0.2) is 47.3 Å². The van der Waals surface area contributed by atoms with E-state index >= 15 is 0 Å². The van der Waals surface area contributed by atoms with E-state index in [1.165, 1.54) is 30.4 Å². The first kappa shape index (κ1) is 21.9. The van der Waals surface area contributed by atoms with Crippen molar-refractivity contribution in [2.45, 2.75) is 6.92 Å². The first-order valence-electron chi connectivity index (χ1n) is 10.1. The molecular formula is C23H23N5O5. The maximum atomic E-state index is 13.2. The highest BCUT2D eigenvalue weighted by atomic mass is 16.5. The van der Waals surface area contributed by atoms with Crippen LogP contribution in [0.25, 0.3) is 28.2 Å². The molecule has 0 aliphatic rings. The summed E-state index contributed by atoms with van der Waals surface area (Å²) in [4.78, 5) is 34.5. The molecule has 33 heavy (non-hydrogen) atoms. The number of hydrogen-bond acceptors (Lipinski definition) is 7. The van der Waals surface area contributed by atoms with Crippen LogP contribution in [-0.4, -0.2) is 45.8 Å². The van der Waals surface area contributed by atoms with Crippen LogP contribution in [0.4, 0.5) is 0 Å². The van der Waals surface area contributed by atoms with Crippen molar-refractivity contribution in [3.8, 4) is 34.3 Å². The van der Waals surface area contributed by atoms with Gasteiger partial charge in [0.2, 0.25) is 0 Å². The summed E-state index contributed by atoms with van der Waals surface area (Å²) < 4.78 is 19.0. The zero-order chi connectivity index (χ0) is 23.7. The smallest absolute Gasteiger partial charge is 0.334 e. The number of aromatic nitrogens is 4. The summed E-state index contributed by atoms with van der Waals surface area (Å²) in [6.45, 7) is 2.41. The zero-order valence-electron chi connectivity index (χ0n) is 18.7. The Morgan fingerprint density at radius 2 is 1.73 bits per heavy atom. The lowest BCUT2D eigenvalue weighted by atomic mass is 10.1. The molecule has 0 bridgehead atoms. The van der Waals surface area contributed by atoms with Gasteiger partial charge in [-0.3, -0.25) is 9.36 Å². The van der Waals surface area contributed by atoms with E-state index in [1.807, 2.05) is 6.92 Å². The van der Waals surface area contributed by atoms with Gasteiger partial charge in [-0.05, 0) is 49.4 Å². The van der Waals surface area contributed by atoms with Crippen molar-refractivity contribution in [3.05, 3.63) is 58.6 Å². The fourth-order valence-corrected chi connectivity index (χ4v) is 3.62. The van der Waals surface area contributed by atoms with E-state index in [4.69, 9.17) is 19.9 Å². The summed E-state index contributed by atoms with van der Waals surface area (Å²) >= 11 is 0. The number of imidazole rings is 1. The molecule has 4 rings (SSSR count). The average molecular weight is 449 g/mol. The summed E-state index contributed by atoms with van der Waals surface area (Å²) in [5.74, 6) is 1.06. The van der Waals surface area contributed by atoms with Gasteiger partial charge in [-0.25, -0.2) is 19.3 Å². The number of benzene rings is 2. The van der Waals surface area contributed by atoms with Crippen LogP contribution in [0.2, 0.25) is 0 Å². The molecule has 2 heterocycles. The van der Waals surface area contributed by atoms with Gasteiger partial charge in [-0.2, -0.15) is 0 Å². The van der Waals surface area contributed by atoms with Crippen LogP contribution in [0.5, 0.6) is 17.2 Å². The molecule has 10 nitrogen and oxygen atoms in total. The lowest BCUT2D eigenvalue weighted by Gasteiger charge is -2.11. The van der Waals surface area contributed by atoms with E-state index in [1.54, 1.807) is 42.5 Å². The SMILES string of the molecule is CCOc1ccc(-n2c(=O)n(C)c3c(C(N)=O)nc(-c4cc(OC)ccc4OC)nc32)cc1. The summed E-state index contributed by atoms with van der Waals surface area (Å²) in [6.07, 6.45) is 0. The lowest BCUT2D eigenvalue weighted by Crippen LogP contribution is -2.21. The van der Waals surface area contributed by atoms with E-state index < -0.39 is 11.6 Å². The zero-order valence-corrected chi connectivity index (χ0v) is 18.7. The van der Waals surface area contributed by atoms with Gasteiger partial charge in [-0.1, -0.05) is 0 Å². The minimum atomic E-state index is -0.787. The normalized spacial score (nSPS) is 10.9. The van der Waals surface area contributed by atoms with Crippen LogP contribution in [0, 0.1) is 0 Å². The first-order chi connectivity index (χ1) is 15.9. The number of nitrogens with two attached hydrogens (primary N) is 1. The van der Waals surface area contributed by atoms with Crippen LogP contribution >= 0.6 is 0 Å². The van der Waals surface area contributed by atoms with Gasteiger partial charge in [0.05, 0.1) is 32.1 Å². The molecule has 170 valence electrons. The topological polar surface area (TPSA) is 123 Å². The van der Waals surface area contributed by atoms with E-state index in [0.717, 1.165) is 0 Å². The largest absolute Gasteiger partial charge is 0.497 e. The molecule has 0 radical (unpaired) electrons. The van der Waals surface area contributed by atoms with Gasteiger partial charge in [0.1, 0.15) is 22.8 Å². The Hall–Kier alpha value is -4.34. The summed E-state index contributed by atoms with van der Waals surface area (Å²) in [7, 11) is 4.58. The Balaban J connectivity index is 2.04. The second kappa shape index (κ2) is 8.65. The molecule has 0 saturated carbocycles. The molecular weight excluding hydrogens is 426 g/mol. The molecule has 2 aromatic heterocycles. The number of primary amides is 1. The van der Waals surface area contributed by atoms with E-state index in [-0.39, 0.29) is 22.7 Å². The number of fused-ring (bicyclic) bond motifs is 1. The van der Waals surface area contributed by atoms with Crippen LogP contribution < -0.4 is 25.6 Å². The number of hydrogen-bond donors (Lipinski definition) is 1. The van der Waals surface area contributed by atoms with Gasteiger partial charge < -0.3 is 19.9 Å². The summed E-state index contributed by atoms with van der Waals surface area (Å²) in [6, 6.07) is 12.1. The van der Waals surface area contributed by atoms with Crippen molar-refractivity contribution in [2.75, 3.05) is 20.8 Å². The Morgan fingerprint density at radius 1 is 1.03 bits per heavy atom. The average Bonchev–Trinajstić information content (AvgIpc) is 3.08. The van der Waals surface area contributed by atoms with Crippen LogP contribution in [0.3, 0.4) is 0 Å². The summed E-state index contributed by atoms with van der Waals surface area (Å²) in [5, 5.41) is 0. The third kappa shape index (κ3) is 3.75. The van der Waals surface area contributed by atoms with Gasteiger partial charge in [-0.15, -0.1) is 0 Å². The van der Waals surface area contributed by atoms with Crippen molar-refractivity contribution in [2.24, 2.45) is 12.8 Å². The van der Waals surface area contributed by atoms with Crippen LogP contribution in [-0.2, 0) is 7.05 Å². The van der Waals surface area contributed by atoms with Crippen molar-refractivity contribution in [1.82, 2.24) is 19.1 Å². The molecule has 0 saturated heterocycles. The Bertz CT molecular complexity index is 1410. The first-order valence-corrected chi connectivity index (χ1v) is 10.1. The monoisotopic (exact) mass is 449 g/mol. The second-order valence-corrected chi connectivity index (χ2v) is 7.10. The predicted molar refractivity (Wildman–Crippen MR) is 122 cm³/mol. The molecule has 0 aliphatic heterocycles. The number of carbonyl (C=O) groups excluding carboxylic acids is 1. The molecule has 0 fully saturated rings. The molecule has 2 aromatic carbocycles. The quantitative estimate of drug-likeness (QED) is 0.459. The maximum absolute atomic E-state index is 13.2. The van der Waals surface area contributed by atoms with E-state index in [2.05, 4.69) is 9.97 Å². The number of carbonyl (C=O) groups is 1. The van der Waals surface area contributed by atoms with Gasteiger partial charge in [0.15, 0.2) is 17.2 Å². The van der Waals surface area contributed by atoms with Gasteiger partial charge in [0.25, 0.3) is 5.91 Å². The number of rotatable bonds is 7. The van der Waals surface area contributed by atoms with Crippen molar-refractivity contribution >= 4 is 17.1 Å².